The van der Waals surface area contributed by atoms with Gasteiger partial charge in [-0.1, -0.05) is 67.8 Å². The molecule has 0 bridgehead atoms. The third-order valence-electron chi connectivity index (χ3n) is 9.85. The van der Waals surface area contributed by atoms with Crippen LogP contribution in [0.25, 0.3) is 0 Å². The van der Waals surface area contributed by atoms with E-state index in [1.807, 2.05) is 72.8 Å². The quantitative estimate of drug-likeness (QED) is 0.0554. The molecule has 0 radical (unpaired) electrons. The van der Waals surface area contributed by atoms with Gasteiger partial charge in [-0.25, -0.2) is 4.79 Å². The lowest BCUT2D eigenvalue weighted by atomic mass is 9.65. The predicted octanol–water partition coefficient (Wildman–Crippen LogP) is 10.7. The summed E-state index contributed by atoms with van der Waals surface area (Å²) >= 11 is 0. The van der Waals surface area contributed by atoms with Crippen molar-refractivity contribution in [2.24, 2.45) is 0 Å². The van der Waals surface area contributed by atoms with Gasteiger partial charge in [0.2, 0.25) is 0 Å². The second-order valence-corrected chi connectivity index (χ2v) is 23.7. The number of carbonyl (C=O) groups excluding carboxylic acids is 2. The highest BCUT2D eigenvalue weighted by Gasteiger charge is 2.36. The third-order valence-corrected chi connectivity index (χ3v) is 17.2. The van der Waals surface area contributed by atoms with Crippen molar-refractivity contribution in [2.45, 2.75) is 95.6 Å². The van der Waals surface area contributed by atoms with Gasteiger partial charge in [0.1, 0.15) is 23.0 Å². The molecule has 1 saturated carbocycles. The lowest BCUT2D eigenvalue weighted by Crippen LogP contribution is -2.44. The van der Waals surface area contributed by atoms with Crippen LogP contribution in [0.2, 0.25) is 38.3 Å². The van der Waals surface area contributed by atoms with E-state index in [4.69, 9.17) is 23.1 Å². The summed E-state index contributed by atoms with van der Waals surface area (Å²) in [6.07, 6.45) is 6.86. The van der Waals surface area contributed by atoms with Crippen LogP contribution >= 0.6 is 0 Å². The van der Waals surface area contributed by atoms with Crippen LogP contribution in [0.4, 0.5) is 4.79 Å². The van der Waals surface area contributed by atoms with Crippen molar-refractivity contribution in [1.29, 1.82) is 0 Å². The Balaban J connectivity index is 1.09. The van der Waals surface area contributed by atoms with Crippen LogP contribution in [0, 0.1) is 0 Å². The highest BCUT2D eigenvalue weighted by molar-refractivity contribution is 6.84. The standard InChI is InChI=1S/C42H52O7Si2/c1-32(43)46-38-18-10-33(11-19-38)26-30-50(3,4)49-51(5,6)31-27-34-12-20-39(21-13-34)47-41(44)48-40-24-16-36(17-25-40)42(28-8-7-9-29-42)35-14-22-37(45-2)23-15-35/h10-25H,7-9,26-31H2,1-6H3. The Morgan fingerprint density at radius 2 is 0.961 bits per heavy atom. The van der Waals surface area contributed by atoms with Gasteiger partial charge in [0, 0.05) is 12.3 Å². The minimum Gasteiger partial charge on any atom is -0.497 e. The van der Waals surface area contributed by atoms with Gasteiger partial charge in [-0.2, -0.15) is 0 Å². The Kier molecular flexibility index (Phi) is 12.6. The molecule has 4 aromatic rings. The fourth-order valence-electron chi connectivity index (χ4n) is 7.22. The molecule has 0 heterocycles. The molecule has 0 spiro atoms. The van der Waals surface area contributed by atoms with Crippen LogP contribution < -0.4 is 18.9 Å². The van der Waals surface area contributed by atoms with E-state index in [1.165, 1.54) is 48.4 Å². The summed E-state index contributed by atoms with van der Waals surface area (Å²) in [6.45, 7) is 10.6. The zero-order valence-corrected chi connectivity index (χ0v) is 33.0. The fourth-order valence-corrected chi connectivity index (χ4v) is 15.8. The monoisotopic (exact) mass is 724 g/mol. The fraction of sp³-hybridized carbons (Fsp3) is 0.381. The molecule has 0 aliphatic heterocycles. The number of hydrogen-bond donors (Lipinski definition) is 0. The Morgan fingerprint density at radius 1 is 0.569 bits per heavy atom. The maximum absolute atomic E-state index is 12.7. The van der Waals surface area contributed by atoms with Crippen molar-refractivity contribution in [1.82, 2.24) is 0 Å². The minimum atomic E-state index is -1.92. The van der Waals surface area contributed by atoms with E-state index in [0.29, 0.717) is 17.2 Å². The van der Waals surface area contributed by atoms with E-state index >= 15 is 0 Å². The van der Waals surface area contributed by atoms with Crippen LogP contribution in [-0.4, -0.2) is 35.9 Å². The molecule has 5 rings (SSSR count). The summed E-state index contributed by atoms with van der Waals surface area (Å²) in [5, 5.41) is 0. The number of benzene rings is 4. The van der Waals surface area contributed by atoms with Gasteiger partial charge in [-0.15, -0.1) is 0 Å². The van der Waals surface area contributed by atoms with Gasteiger partial charge >= 0.3 is 12.1 Å². The summed E-state index contributed by atoms with van der Waals surface area (Å²) in [4.78, 5) is 23.9. The smallest absolute Gasteiger partial charge is 0.497 e. The van der Waals surface area contributed by atoms with E-state index in [1.54, 1.807) is 7.11 Å². The minimum absolute atomic E-state index is 0.0595. The van der Waals surface area contributed by atoms with Crippen LogP contribution in [-0.2, 0) is 27.2 Å². The maximum atomic E-state index is 12.7. The molecule has 0 unspecified atom stereocenters. The second kappa shape index (κ2) is 16.9. The number of hydrogen-bond acceptors (Lipinski definition) is 7. The molecule has 7 nitrogen and oxygen atoms in total. The Hall–Kier alpha value is -4.19. The number of carbonyl (C=O) groups is 2. The third kappa shape index (κ3) is 10.9. The number of esters is 1. The topological polar surface area (TPSA) is 80.3 Å². The molecular weight excluding hydrogens is 673 g/mol. The van der Waals surface area contributed by atoms with Crippen molar-refractivity contribution in [3.05, 3.63) is 119 Å². The molecule has 1 aliphatic rings. The summed E-state index contributed by atoms with van der Waals surface area (Å²) in [7, 11) is -2.12. The van der Waals surface area contributed by atoms with Gasteiger partial charge in [0.05, 0.1) is 7.11 Å². The SMILES string of the molecule is COc1ccc(C2(c3ccc(OC(=O)Oc4ccc(CC[Si](C)(C)O[Si](C)(C)CCc5ccc(OC(C)=O)cc5)cc4)cc3)CCCCC2)cc1. The van der Waals surface area contributed by atoms with Gasteiger partial charge in [-0.3, -0.25) is 4.79 Å². The first-order valence-electron chi connectivity index (χ1n) is 18.1. The summed E-state index contributed by atoms with van der Waals surface area (Å²) in [6, 6.07) is 33.7. The average molecular weight is 725 g/mol. The lowest BCUT2D eigenvalue weighted by Gasteiger charge is -2.38. The van der Waals surface area contributed by atoms with Crippen molar-refractivity contribution in [2.75, 3.05) is 7.11 Å². The first kappa shape index (κ1) is 38.1. The van der Waals surface area contributed by atoms with Crippen LogP contribution in [0.15, 0.2) is 97.1 Å². The van der Waals surface area contributed by atoms with Gasteiger partial charge in [-0.05, 0) is 135 Å². The van der Waals surface area contributed by atoms with Crippen LogP contribution in [0.3, 0.4) is 0 Å². The number of ether oxygens (including phenoxy) is 4. The highest BCUT2D eigenvalue weighted by atomic mass is 28.4. The van der Waals surface area contributed by atoms with Crippen LogP contribution in [0.1, 0.15) is 61.3 Å². The molecule has 270 valence electrons. The molecule has 0 aromatic heterocycles. The molecule has 0 N–H and O–H groups in total. The molecule has 1 fully saturated rings. The van der Waals surface area contributed by atoms with E-state index in [9.17, 15) is 9.59 Å². The molecule has 51 heavy (non-hydrogen) atoms. The second-order valence-electron chi connectivity index (χ2n) is 14.9. The Morgan fingerprint density at radius 3 is 1.37 bits per heavy atom. The summed E-state index contributed by atoms with van der Waals surface area (Å²) in [5.41, 5.74) is 4.86. The maximum Gasteiger partial charge on any atom is 0.519 e. The highest BCUT2D eigenvalue weighted by Crippen LogP contribution is 2.45. The average Bonchev–Trinajstić information content (AvgIpc) is 3.11. The van der Waals surface area contributed by atoms with Crippen molar-refractivity contribution >= 4 is 28.8 Å². The van der Waals surface area contributed by atoms with Crippen molar-refractivity contribution in [3.8, 4) is 23.0 Å². The summed E-state index contributed by atoms with van der Waals surface area (Å²) < 4.78 is 28.5. The summed E-state index contributed by atoms with van der Waals surface area (Å²) in [5.74, 6) is 2.02. The Bertz CT molecular complexity index is 1730. The van der Waals surface area contributed by atoms with Crippen LogP contribution in [0.5, 0.6) is 23.0 Å². The molecule has 0 atom stereocenters. The lowest BCUT2D eigenvalue weighted by molar-refractivity contribution is -0.131. The molecule has 4 aromatic carbocycles. The van der Waals surface area contributed by atoms with Gasteiger partial charge < -0.3 is 23.1 Å². The predicted molar refractivity (Wildman–Crippen MR) is 207 cm³/mol. The molecule has 9 heteroatoms. The molecular formula is C42H52O7Si2. The van der Waals surface area contributed by atoms with E-state index in [2.05, 4.69) is 50.5 Å². The Labute approximate surface area is 305 Å². The number of rotatable bonds is 14. The largest absolute Gasteiger partial charge is 0.519 e. The van der Waals surface area contributed by atoms with Crippen molar-refractivity contribution in [3.63, 3.8) is 0 Å². The van der Waals surface area contributed by atoms with E-state index in [-0.39, 0.29) is 11.4 Å². The number of methoxy groups -OCH3 is 1. The molecule has 0 amide bonds. The van der Waals surface area contributed by atoms with Gasteiger partial charge in [0.25, 0.3) is 0 Å². The van der Waals surface area contributed by atoms with Crippen molar-refractivity contribution < 1.29 is 32.7 Å². The first-order valence-corrected chi connectivity index (χ1v) is 24.3. The van der Waals surface area contributed by atoms with Gasteiger partial charge in [0.15, 0.2) is 16.6 Å². The zero-order chi connectivity index (χ0) is 36.5. The number of aryl methyl sites for hydroxylation is 2. The first-order chi connectivity index (χ1) is 24.3. The molecule has 1 aliphatic carbocycles. The van der Waals surface area contributed by atoms with E-state index < -0.39 is 22.8 Å². The molecule has 0 saturated heterocycles. The zero-order valence-electron chi connectivity index (χ0n) is 31.0. The normalized spacial score (nSPS) is 14.4. The van der Waals surface area contributed by atoms with E-state index in [0.717, 1.165) is 43.5 Å².